The van der Waals surface area contributed by atoms with E-state index in [1.54, 1.807) is 0 Å². The van der Waals surface area contributed by atoms with Gasteiger partial charge in [-0.1, -0.05) is 11.6 Å². The van der Waals surface area contributed by atoms with Crippen LogP contribution in [0.25, 0.3) is 0 Å². The molecule has 0 atom stereocenters. The summed E-state index contributed by atoms with van der Waals surface area (Å²) in [4.78, 5) is 11.0. The number of carbonyl (C=O) groups excluding carboxylic acids is 1. The van der Waals surface area contributed by atoms with Crippen LogP contribution in [0, 0.1) is 0 Å². The van der Waals surface area contributed by atoms with Crippen molar-refractivity contribution in [2.45, 2.75) is 4.90 Å². The van der Waals surface area contributed by atoms with Gasteiger partial charge in [-0.15, -0.1) is 0 Å². The number of benzene rings is 1. The molecule has 0 aliphatic rings. The second kappa shape index (κ2) is 5.29. The van der Waals surface area contributed by atoms with Crippen LogP contribution in [-0.2, 0) is 14.8 Å². The third-order valence-electron chi connectivity index (χ3n) is 1.83. The lowest BCUT2D eigenvalue weighted by Crippen LogP contribution is -2.35. The summed E-state index contributed by atoms with van der Waals surface area (Å²) < 4.78 is 25.4. The summed E-state index contributed by atoms with van der Waals surface area (Å²) >= 11 is 5.63. The fourth-order valence-corrected chi connectivity index (χ4v) is 2.05. The van der Waals surface area contributed by atoms with Gasteiger partial charge in [0.05, 0.1) is 11.4 Å². The Balaban J connectivity index is 2.78. The molecular weight excluding hydrogens is 252 g/mol. The van der Waals surface area contributed by atoms with E-state index in [2.05, 4.69) is 10.0 Å². The number of amides is 1. The van der Waals surface area contributed by atoms with E-state index in [-0.39, 0.29) is 11.4 Å². The van der Waals surface area contributed by atoms with Gasteiger partial charge in [-0.25, -0.2) is 13.1 Å². The molecule has 7 heteroatoms. The van der Waals surface area contributed by atoms with Crippen molar-refractivity contribution in [3.8, 4) is 0 Å². The molecule has 5 nitrogen and oxygen atoms in total. The first-order valence-electron chi connectivity index (χ1n) is 4.41. The van der Waals surface area contributed by atoms with Crippen LogP contribution >= 0.6 is 11.6 Å². The molecule has 0 bridgehead atoms. The van der Waals surface area contributed by atoms with Crippen LogP contribution in [0.5, 0.6) is 0 Å². The monoisotopic (exact) mass is 262 g/mol. The van der Waals surface area contributed by atoms with Gasteiger partial charge in [-0.2, -0.15) is 0 Å². The quantitative estimate of drug-likeness (QED) is 0.823. The Kier molecular flexibility index (Phi) is 4.28. The number of likely N-dealkylation sites (N-methyl/N-ethyl adjacent to an activating group) is 1. The van der Waals surface area contributed by atoms with Gasteiger partial charge in [0.25, 0.3) is 0 Å². The van der Waals surface area contributed by atoms with E-state index in [0.717, 1.165) is 0 Å². The van der Waals surface area contributed by atoms with E-state index in [1.807, 2.05) is 0 Å². The van der Waals surface area contributed by atoms with Crippen LogP contribution in [0.1, 0.15) is 0 Å². The van der Waals surface area contributed by atoms with Gasteiger partial charge in [0.15, 0.2) is 0 Å². The smallest absolute Gasteiger partial charge is 0.241 e. The summed E-state index contributed by atoms with van der Waals surface area (Å²) in [5.74, 6) is -0.405. The van der Waals surface area contributed by atoms with Gasteiger partial charge >= 0.3 is 0 Å². The maximum Gasteiger partial charge on any atom is 0.241 e. The van der Waals surface area contributed by atoms with Crippen molar-refractivity contribution >= 4 is 27.5 Å². The van der Waals surface area contributed by atoms with Crippen LogP contribution in [0.15, 0.2) is 29.2 Å². The maximum absolute atomic E-state index is 11.6. The zero-order valence-corrected chi connectivity index (χ0v) is 10.1. The van der Waals surface area contributed by atoms with Gasteiger partial charge in [0.2, 0.25) is 15.9 Å². The molecule has 1 rings (SSSR count). The minimum absolute atomic E-state index is 0.0702. The van der Waals surface area contributed by atoms with E-state index in [9.17, 15) is 13.2 Å². The van der Waals surface area contributed by atoms with Crippen LogP contribution in [0.3, 0.4) is 0 Å². The van der Waals surface area contributed by atoms with Crippen LogP contribution in [-0.4, -0.2) is 27.9 Å². The van der Waals surface area contributed by atoms with Gasteiger partial charge in [-0.3, -0.25) is 4.79 Å². The fraction of sp³-hybridized carbons (Fsp3) is 0.222. The van der Waals surface area contributed by atoms with E-state index >= 15 is 0 Å². The molecule has 0 aliphatic carbocycles. The molecule has 1 aromatic carbocycles. The molecule has 0 spiro atoms. The lowest BCUT2D eigenvalue weighted by molar-refractivity contribution is -0.119. The standard InChI is InChI=1S/C9H11ClN2O3S/c1-11-9(13)6-12-16(14,15)8-4-2-7(10)3-5-8/h2-5,12H,6H2,1H3,(H,11,13). The van der Waals surface area contributed by atoms with Crippen molar-refractivity contribution < 1.29 is 13.2 Å². The normalized spacial score (nSPS) is 11.1. The topological polar surface area (TPSA) is 75.3 Å². The Morgan fingerprint density at radius 3 is 2.38 bits per heavy atom. The fourth-order valence-electron chi connectivity index (χ4n) is 0.946. The molecule has 2 N–H and O–H groups in total. The molecule has 0 unspecified atom stereocenters. The minimum atomic E-state index is -3.65. The Bertz CT molecular complexity index is 470. The van der Waals surface area contributed by atoms with E-state index in [0.29, 0.717) is 5.02 Å². The average molecular weight is 263 g/mol. The Morgan fingerprint density at radius 2 is 1.88 bits per heavy atom. The van der Waals surface area contributed by atoms with E-state index < -0.39 is 15.9 Å². The lowest BCUT2D eigenvalue weighted by atomic mass is 10.4. The molecule has 0 radical (unpaired) electrons. The average Bonchev–Trinajstić information content (AvgIpc) is 2.26. The van der Waals surface area contributed by atoms with Gasteiger partial charge < -0.3 is 5.32 Å². The van der Waals surface area contributed by atoms with Crippen molar-refractivity contribution in [3.63, 3.8) is 0 Å². The van der Waals surface area contributed by atoms with Crippen molar-refractivity contribution in [1.29, 1.82) is 0 Å². The molecule has 0 saturated carbocycles. The van der Waals surface area contributed by atoms with Crippen molar-refractivity contribution in [2.75, 3.05) is 13.6 Å². The molecule has 88 valence electrons. The zero-order valence-electron chi connectivity index (χ0n) is 8.53. The van der Waals surface area contributed by atoms with E-state index in [1.165, 1.54) is 31.3 Å². The SMILES string of the molecule is CNC(=O)CNS(=O)(=O)c1ccc(Cl)cc1. The summed E-state index contributed by atoms with van der Waals surface area (Å²) in [6, 6.07) is 5.68. The number of carbonyl (C=O) groups is 1. The summed E-state index contributed by atoms with van der Waals surface area (Å²) in [7, 11) is -2.22. The molecule has 0 heterocycles. The maximum atomic E-state index is 11.6. The highest BCUT2D eigenvalue weighted by Gasteiger charge is 2.14. The zero-order chi connectivity index (χ0) is 12.2. The molecule has 0 aromatic heterocycles. The molecule has 0 fully saturated rings. The number of rotatable bonds is 4. The van der Waals surface area contributed by atoms with Crippen LogP contribution < -0.4 is 10.0 Å². The summed E-state index contributed by atoms with van der Waals surface area (Å²) in [5.41, 5.74) is 0. The second-order valence-electron chi connectivity index (χ2n) is 2.95. The predicted molar refractivity (Wildman–Crippen MR) is 60.7 cm³/mol. The molecule has 16 heavy (non-hydrogen) atoms. The highest BCUT2D eigenvalue weighted by atomic mass is 35.5. The number of hydrogen-bond acceptors (Lipinski definition) is 3. The first kappa shape index (κ1) is 13.0. The third-order valence-corrected chi connectivity index (χ3v) is 3.49. The molecule has 0 saturated heterocycles. The largest absolute Gasteiger partial charge is 0.358 e. The summed E-state index contributed by atoms with van der Waals surface area (Å²) in [6.07, 6.45) is 0. The van der Waals surface area contributed by atoms with Crippen LogP contribution in [0.4, 0.5) is 0 Å². The Labute approximate surface area is 98.9 Å². The Morgan fingerprint density at radius 1 is 1.31 bits per heavy atom. The second-order valence-corrected chi connectivity index (χ2v) is 5.16. The van der Waals surface area contributed by atoms with Gasteiger partial charge in [0.1, 0.15) is 0 Å². The highest BCUT2D eigenvalue weighted by molar-refractivity contribution is 7.89. The number of sulfonamides is 1. The Hall–Kier alpha value is -1.11. The van der Waals surface area contributed by atoms with Crippen LogP contribution in [0.2, 0.25) is 5.02 Å². The van der Waals surface area contributed by atoms with Crippen molar-refractivity contribution in [2.24, 2.45) is 0 Å². The number of halogens is 1. The summed E-state index contributed by atoms with van der Waals surface area (Å²) in [6.45, 7) is -0.290. The van der Waals surface area contributed by atoms with Gasteiger partial charge in [-0.05, 0) is 24.3 Å². The minimum Gasteiger partial charge on any atom is -0.358 e. The first-order chi connectivity index (χ1) is 7.45. The first-order valence-corrected chi connectivity index (χ1v) is 6.27. The number of hydrogen-bond donors (Lipinski definition) is 2. The highest BCUT2D eigenvalue weighted by Crippen LogP contribution is 2.13. The molecule has 1 aromatic rings. The molecule has 1 amide bonds. The lowest BCUT2D eigenvalue weighted by Gasteiger charge is -2.05. The summed E-state index contributed by atoms with van der Waals surface area (Å²) in [5, 5.41) is 2.76. The van der Waals surface area contributed by atoms with E-state index in [4.69, 9.17) is 11.6 Å². The van der Waals surface area contributed by atoms with Crippen molar-refractivity contribution in [1.82, 2.24) is 10.0 Å². The number of nitrogens with one attached hydrogen (secondary N) is 2. The molecule has 0 aliphatic heterocycles. The molecular formula is C9H11ClN2O3S. The predicted octanol–water partition coefficient (Wildman–Crippen LogP) is 0.364. The van der Waals surface area contributed by atoms with Gasteiger partial charge in [0, 0.05) is 12.1 Å². The van der Waals surface area contributed by atoms with Crippen molar-refractivity contribution in [3.05, 3.63) is 29.3 Å². The third kappa shape index (κ3) is 3.48.